The number of alkyl halides is 5. The largest absolute Gasteiger partial charge is 0.480 e. The molecular weight excluding hydrogens is 483 g/mol. The molecule has 22 heavy (non-hydrogen) atoms. The third-order valence-corrected chi connectivity index (χ3v) is 7.92. The van der Waals surface area contributed by atoms with E-state index in [2.05, 4.69) is 0 Å². The first-order valence-electron chi connectivity index (χ1n) is 5.36. The molecule has 0 aromatic heterocycles. The van der Waals surface area contributed by atoms with Gasteiger partial charge in [-0.3, -0.25) is 4.79 Å². The van der Waals surface area contributed by atoms with Crippen LogP contribution in [0.1, 0.15) is 17.0 Å². The summed E-state index contributed by atoms with van der Waals surface area (Å²) in [5, 5.41) is 7.14. The summed E-state index contributed by atoms with van der Waals surface area (Å²) in [4.78, 5) is 11.3. The number of carbonyl (C=O) groups is 1. The molecule has 0 fully saturated rings. The maximum absolute atomic E-state index is 11.3. The van der Waals surface area contributed by atoms with E-state index < -0.39 is 25.9 Å². The zero-order valence-electron chi connectivity index (χ0n) is 9.91. The van der Waals surface area contributed by atoms with Gasteiger partial charge in [0.25, 0.3) is 0 Å². The fraction of sp³-hybridized carbons (Fsp3) is 0.364. The minimum Gasteiger partial charge on any atom is -0.480 e. The molecule has 1 aliphatic carbocycles. The third kappa shape index (κ3) is 2.58. The maximum Gasteiger partial charge on any atom is 0.322 e. The highest BCUT2D eigenvalue weighted by atomic mass is 35.5. The molecule has 0 amide bonds. The van der Waals surface area contributed by atoms with Crippen molar-refractivity contribution in [1.29, 1.82) is 0 Å². The Kier molecular flexibility index (Phi) is 5.56. The summed E-state index contributed by atoms with van der Waals surface area (Å²) in [5.74, 6) is -2.67. The van der Waals surface area contributed by atoms with Crippen LogP contribution >= 0.6 is 104 Å². The first-order chi connectivity index (χ1) is 9.87. The summed E-state index contributed by atoms with van der Waals surface area (Å²) in [6.07, 6.45) is 0. The molecular formula is C11H3Cl9O2. The Morgan fingerprint density at radius 1 is 0.955 bits per heavy atom. The van der Waals surface area contributed by atoms with E-state index in [9.17, 15) is 9.90 Å². The lowest BCUT2D eigenvalue weighted by Crippen LogP contribution is -2.39. The van der Waals surface area contributed by atoms with Gasteiger partial charge < -0.3 is 5.11 Å². The average Bonchev–Trinajstić information content (AvgIpc) is 2.57. The van der Waals surface area contributed by atoms with E-state index in [-0.39, 0.29) is 31.2 Å². The van der Waals surface area contributed by atoms with Crippen molar-refractivity contribution in [3.63, 3.8) is 0 Å². The zero-order valence-corrected chi connectivity index (χ0v) is 16.7. The number of carboxylic acid groups (broad SMARTS) is 1. The average molecular weight is 486 g/mol. The van der Waals surface area contributed by atoms with Crippen LogP contribution in [0, 0.1) is 0 Å². The summed E-state index contributed by atoms with van der Waals surface area (Å²) < 4.78 is -4.04. The lowest BCUT2D eigenvalue weighted by atomic mass is 9.96. The number of hydrogen-bond donors (Lipinski definition) is 1. The van der Waals surface area contributed by atoms with Crippen molar-refractivity contribution in [2.75, 3.05) is 0 Å². The van der Waals surface area contributed by atoms with Gasteiger partial charge in [-0.1, -0.05) is 92.8 Å². The van der Waals surface area contributed by atoms with Crippen LogP contribution in [0.5, 0.6) is 0 Å². The fourth-order valence-corrected chi connectivity index (χ4v) is 5.22. The second-order valence-electron chi connectivity index (χ2n) is 4.46. The summed E-state index contributed by atoms with van der Waals surface area (Å²) in [6.45, 7) is 0. The summed E-state index contributed by atoms with van der Waals surface area (Å²) in [5.41, 5.74) is 0.0391. The summed E-state index contributed by atoms with van der Waals surface area (Å²) >= 11 is 55.1. The van der Waals surface area contributed by atoms with E-state index in [1.807, 2.05) is 0 Å². The van der Waals surface area contributed by atoms with Crippen molar-refractivity contribution in [3.05, 3.63) is 31.2 Å². The Labute approximate surface area is 170 Å². The predicted octanol–water partition coefficient (Wildman–Crippen LogP) is 6.89. The van der Waals surface area contributed by atoms with E-state index >= 15 is 0 Å². The molecule has 0 bridgehead atoms. The van der Waals surface area contributed by atoms with Gasteiger partial charge >= 0.3 is 5.97 Å². The van der Waals surface area contributed by atoms with Gasteiger partial charge in [0.2, 0.25) is 0 Å². The van der Waals surface area contributed by atoms with Crippen molar-refractivity contribution in [3.8, 4) is 0 Å². The molecule has 0 saturated carbocycles. The topological polar surface area (TPSA) is 37.3 Å². The van der Waals surface area contributed by atoms with E-state index in [0.29, 0.717) is 0 Å². The van der Waals surface area contributed by atoms with Crippen LogP contribution in [-0.4, -0.2) is 20.8 Å². The minimum absolute atomic E-state index is 0.0150. The number of rotatable bonds is 2. The zero-order chi connectivity index (χ0) is 17.2. The molecule has 0 saturated heterocycles. The second-order valence-corrected chi connectivity index (χ2v) is 9.15. The highest BCUT2D eigenvalue weighted by Gasteiger charge is 2.65. The van der Waals surface area contributed by atoms with Gasteiger partial charge in [0.15, 0.2) is 8.67 Å². The normalized spacial score (nSPS) is 23.2. The van der Waals surface area contributed by atoms with Crippen molar-refractivity contribution >= 4 is 110 Å². The smallest absolute Gasteiger partial charge is 0.322 e. The van der Waals surface area contributed by atoms with E-state index in [1.165, 1.54) is 0 Å². The highest BCUT2D eigenvalue weighted by Crippen LogP contribution is 2.69. The van der Waals surface area contributed by atoms with Crippen LogP contribution in [0.4, 0.5) is 0 Å². The summed E-state index contributed by atoms with van der Waals surface area (Å²) in [7, 11) is 0. The van der Waals surface area contributed by atoms with E-state index in [4.69, 9.17) is 104 Å². The monoisotopic (exact) mass is 482 g/mol. The molecule has 0 radical (unpaired) electrons. The molecule has 1 aliphatic rings. The van der Waals surface area contributed by atoms with Crippen LogP contribution < -0.4 is 0 Å². The SMILES string of the molecule is O=C(O)C(Cl)C1c2c(Cl)c(Cl)c(Cl)c(Cl)c2C(Cl)(Cl)C1(Cl)Cl. The highest BCUT2D eigenvalue weighted by molar-refractivity contribution is 6.65. The molecule has 0 aliphatic heterocycles. The molecule has 2 unspecified atom stereocenters. The molecule has 2 atom stereocenters. The minimum atomic E-state index is -2.04. The summed E-state index contributed by atoms with van der Waals surface area (Å²) in [6, 6.07) is 0. The standard InChI is InChI=1S/C11H3Cl9O2/c12-4-1-2(5(13)8(16)7(4)15)10(17,18)11(19,20)3(1)6(14)9(21)22/h3,6H,(H,21,22). The van der Waals surface area contributed by atoms with Gasteiger partial charge in [-0.25, -0.2) is 0 Å². The Bertz CT molecular complexity index is 670. The van der Waals surface area contributed by atoms with Crippen LogP contribution in [0.3, 0.4) is 0 Å². The quantitative estimate of drug-likeness (QED) is 0.281. The molecule has 1 N–H and O–H groups in total. The van der Waals surface area contributed by atoms with Crippen molar-refractivity contribution in [2.24, 2.45) is 0 Å². The van der Waals surface area contributed by atoms with Crippen molar-refractivity contribution in [2.45, 2.75) is 20.0 Å². The van der Waals surface area contributed by atoms with Crippen LogP contribution in [0.2, 0.25) is 20.1 Å². The van der Waals surface area contributed by atoms with Gasteiger partial charge in [0.05, 0.1) is 20.1 Å². The number of fused-ring (bicyclic) bond motifs is 1. The fourth-order valence-electron chi connectivity index (χ4n) is 2.26. The van der Waals surface area contributed by atoms with Gasteiger partial charge in [-0.15, -0.1) is 11.6 Å². The first kappa shape index (κ1) is 19.6. The van der Waals surface area contributed by atoms with E-state index in [0.717, 1.165) is 0 Å². The van der Waals surface area contributed by atoms with Crippen LogP contribution in [0.15, 0.2) is 0 Å². The number of halogens is 9. The predicted molar refractivity (Wildman–Crippen MR) is 94.3 cm³/mol. The van der Waals surface area contributed by atoms with Gasteiger partial charge in [-0.2, -0.15) is 0 Å². The molecule has 0 heterocycles. The van der Waals surface area contributed by atoms with Gasteiger partial charge in [0, 0.05) is 11.5 Å². The number of hydrogen-bond acceptors (Lipinski definition) is 1. The van der Waals surface area contributed by atoms with Gasteiger partial charge in [0.1, 0.15) is 5.38 Å². The Morgan fingerprint density at radius 3 is 1.86 bits per heavy atom. The van der Waals surface area contributed by atoms with E-state index in [1.54, 1.807) is 0 Å². The number of carboxylic acids is 1. The number of aliphatic carboxylic acids is 1. The molecule has 122 valence electrons. The van der Waals surface area contributed by atoms with Crippen molar-refractivity contribution < 1.29 is 9.90 Å². The lowest BCUT2D eigenvalue weighted by Gasteiger charge is -2.31. The molecule has 1 aromatic carbocycles. The van der Waals surface area contributed by atoms with Gasteiger partial charge in [-0.05, 0) is 5.56 Å². The third-order valence-electron chi connectivity index (χ3n) is 3.27. The molecule has 2 nitrogen and oxygen atoms in total. The Balaban J connectivity index is 2.93. The lowest BCUT2D eigenvalue weighted by molar-refractivity contribution is -0.137. The van der Waals surface area contributed by atoms with Crippen LogP contribution in [0.25, 0.3) is 0 Å². The molecule has 0 spiro atoms. The Hall–Kier alpha value is 1.30. The maximum atomic E-state index is 11.3. The van der Waals surface area contributed by atoms with Crippen LogP contribution in [-0.2, 0) is 9.13 Å². The molecule has 2 rings (SSSR count). The first-order valence-corrected chi connectivity index (χ1v) is 8.82. The Morgan fingerprint density at radius 2 is 1.41 bits per heavy atom. The van der Waals surface area contributed by atoms with Crippen molar-refractivity contribution in [1.82, 2.24) is 0 Å². The molecule has 11 heteroatoms. The second kappa shape index (κ2) is 6.23. The number of benzene rings is 1. The molecule has 1 aromatic rings.